The second kappa shape index (κ2) is 6.17. The smallest absolute Gasteiger partial charge is 0.0441 e. The average molecular weight is 202 g/mol. The van der Waals surface area contributed by atoms with Crippen molar-refractivity contribution in [2.45, 2.75) is 32.1 Å². The lowest BCUT2D eigenvalue weighted by Crippen LogP contribution is -2.02. The van der Waals surface area contributed by atoms with Crippen LogP contribution >= 0.6 is 11.6 Å². The first-order valence-electron chi connectivity index (χ1n) is 4.83. The van der Waals surface area contributed by atoms with Gasteiger partial charge in [-0.25, -0.2) is 0 Å². The van der Waals surface area contributed by atoms with Gasteiger partial charge in [-0.05, 0) is 25.3 Å². The van der Waals surface area contributed by atoms with Crippen molar-refractivity contribution in [2.24, 2.45) is 4.99 Å². The number of hydrogen-bond donors (Lipinski definition) is 1. The van der Waals surface area contributed by atoms with Gasteiger partial charge in [0, 0.05) is 30.3 Å². The third kappa shape index (κ3) is 4.44. The number of unbranched alkanes of at least 4 members (excludes halogenated alkanes) is 2. The van der Waals surface area contributed by atoms with E-state index in [4.69, 9.17) is 16.7 Å². The summed E-state index contributed by atoms with van der Waals surface area (Å²) in [7, 11) is 0. The Morgan fingerprint density at radius 1 is 1.38 bits per heavy atom. The number of halogens is 1. The van der Waals surface area contributed by atoms with Gasteiger partial charge < -0.3 is 5.11 Å². The van der Waals surface area contributed by atoms with Crippen LogP contribution < -0.4 is 0 Å². The summed E-state index contributed by atoms with van der Waals surface area (Å²) in [5, 5.41) is 9.51. The minimum Gasteiger partial charge on any atom is -0.396 e. The van der Waals surface area contributed by atoms with Crippen molar-refractivity contribution in [3.8, 4) is 0 Å². The number of aliphatic hydroxyl groups is 1. The second-order valence-electron chi connectivity index (χ2n) is 3.25. The van der Waals surface area contributed by atoms with Crippen molar-refractivity contribution in [1.82, 2.24) is 0 Å². The van der Waals surface area contributed by atoms with Crippen LogP contribution in [0.2, 0.25) is 0 Å². The molecular weight excluding hydrogens is 186 g/mol. The van der Waals surface area contributed by atoms with Crippen LogP contribution in [0.1, 0.15) is 32.1 Å². The van der Waals surface area contributed by atoms with E-state index in [0.717, 1.165) is 49.4 Å². The summed E-state index contributed by atoms with van der Waals surface area (Å²) < 4.78 is 0. The molecule has 1 N–H and O–H groups in total. The molecule has 0 aromatic rings. The van der Waals surface area contributed by atoms with Crippen molar-refractivity contribution in [2.75, 3.05) is 13.2 Å². The number of aliphatic imine (C=N–C) groups is 1. The topological polar surface area (TPSA) is 32.6 Å². The molecule has 0 atom stereocenters. The zero-order chi connectivity index (χ0) is 9.52. The molecule has 0 spiro atoms. The second-order valence-corrected chi connectivity index (χ2v) is 3.73. The fourth-order valence-corrected chi connectivity index (χ4v) is 1.56. The highest BCUT2D eigenvalue weighted by molar-refractivity contribution is 6.31. The van der Waals surface area contributed by atoms with Crippen LogP contribution in [0, 0.1) is 0 Å². The summed E-state index contributed by atoms with van der Waals surface area (Å²) in [5.41, 5.74) is 1.12. The molecule has 1 aliphatic rings. The Kier molecular flexibility index (Phi) is 5.09. The van der Waals surface area contributed by atoms with Crippen molar-refractivity contribution in [3.63, 3.8) is 0 Å². The first-order valence-corrected chi connectivity index (χ1v) is 5.21. The van der Waals surface area contributed by atoms with Crippen molar-refractivity contribution < 1.29 is 5.11 Å². The number of hydrogen-bond acceptors (Lipinski definition) is 2. The summed E-state index contributed by atoms with van der Waals surface area (Å²) in [6.07, 6.45) is 6.92. The first kappa shape index (κ1) is 10.7. The van der Waals surface area contributed by atoms with E-state index >= 15 is 0 Å². The van der Waals surface area contributed by atoms with E-state index in [1.807, 2.05) is 6.08 Å². The minimum absolute atomic E-state index is 0.295. The maximum Gasteiger partial charge on any atom is 0.0441 e. The largest absolute Gasteiger partial charge is 0.396 e. The van der Waals surface area contributed by atoms with Gasteiger partial charge >= 0.3 is 0 Å². The van der Waals surface area contributed by atoms with E-state index in [-0.39, 0.29) is 0 Å². The van der Waals surface area contributed by atoms with Gasteiger partial charge in [0.2, 0.25) is 0 Å². The molecular formula is C10H16ClNO. The van der Waals surface area contributed by atoms with Gasteiger partial charge in [0.1, 0.15) is 0 Å². The summed E-state index contributed by atoms with van der Waals surface area (Å²) in [6, 6.07) is 0. The summed E-state index contributed by atoms with van der Waals surface area (Å²) in [5.74, 6) is 0. The van der Waals surface area contributed by atoms with Gasteiger partial charge in [0.25, 0.3) is 0 Å². The molecule has 0 bridgehead atoms. The highest BCUT2D eigenvalue weighted by atomic mass is 35.5. The van der Waals surface area contributed by atoms with Crippen molar-refractivity contribution in [1.29, 1.82) is 0 Å². The number of aliphatic hydroxyl groups excluding tert-OH is 1. The Bertz CT molecular complexity index is 211. The Morgan fingerprint density at radius 2 is 2.23 bits per heavy atom. The molecule has 2 nitrogen and oxygen atoms in total. The van der Waals surface area contributed by atoms with Crippen LogP contribution in [-0.2, 0) is 0 Å². The molecule has 0 aromatic heterocycles. The molecule has 0 fully saturated rings. The van der Waals surface area contributed by atoms with E-state index in [2.05, 4.69) is 4.99 Å². The molecule has 3 heteroatoms. The van der Waals surface area contributed by atoms with Gasteiger partial charge in [-0.1, -0.05) is 18.0 Å². The third-order valence-electron chi connectivity index (χ3n) is 2.08. The van der Waals surface area contributed by atoms with E-state index in [1.54, 1.807) is 0 Å². The highest BCUT2D eigenvalue weighted by Gasteiger charge is 2.03. The van der Waals surface area contributed by atoms with E-state index < -0.39 is 0 Å². The van der Waals surface area contributed by atoms with Crippen molar-refractivity contribution >= 4 is 17.3 Å². The van der Waals surface area contributed by atoms with Gasteiger partial charge in [-0.15, -0.1) is 0 Å². The zero-order valence-electron chi connectivity index (χ0n) is 7.80. The quantitative estimate of drug-likeness (QED) is 0.682. The predicted molar refractivity (Wildman–Crippen MR) is 56.4 cm³/mol. The van der Waals surface area contributed by atoms with Crippen molar-refractivity contribution in [3.05, 3.63) is 11.1 Å². The Hall–Kier alpha value is -0.340. The number of dihydropyridines is 1. The lowest BCUT2D eigenvalue weighted by atomic mass is 10.1. The maximum atomic E-state index is 8.58. The number of nitrogens with zero attached hydrogens (tertiary/aromatic N) is 1. The monoisotopic (exact) mass is 201 g/mol. The lowest BCUT2D eigenvalue weighted by molar-refractivity contribution is 0.283. The molecule has 0 aliphatic carbocycles. The molecule has 0 saturated carbocycles. The minimum atomic E-state index is 0.295. The summed E-state index contributed by atoms with van der Waals surface area (Å²) >= 11 is 5.89. The van der Waals surface area contributed by atoms with Gasteiger partial charge in [0.05, 0.1) is 0 Å². The van der Waals surface area contributed by atoms with Crippen LogP contribution in [-0.4, -0.2) is 24.0 Å². The molecule has 0 radical (unpaired) electrons. The molecule has 0 aromatic carbocycles. The zero-order valence-corrected chi connectivity index (χ0v) is 8.56. The predicted octanol–water partition coefficient (Wildman–Crippen LogP) is 2.51. The average Bonchev–Trinajstić information content (AvgIpc) is 2.13. The first-order chi connectivity index (χ1) is 6.33. The Balaban J connectivity index is 2.18. The fourth-order valence-electron chi connectivity index (χ4n) is 1.35. The Labute approximate surface area is 84.3 Å². The third-order valence-corrected chi connectivity index (χ3v) is 2.38. The molecule has 1 heterocycles. The van der Waals surface area contributed by atoms with E-state index in [9.17, 15) is 0 Å². The molecule has 0 unspecified atom stereocenters. The summed E-state index contributed by atoms with van der Waals surface area (Å²) in [4.78, 5) is 4.37. The fraction of sp³-hybridized carbons (Fsp3) is 0.700. The molecule has 0 saturated heterocycles. The summed E-state index contributed by atoms with van der Waals surface area (Å²) in [6.45, 7) is 1.13. The van der Waals surface area contributed by atoms with Crippen LogP contribution in [0.15, 0.2) is 16.1 Å². The van der Waals surface area contributed by atoms with Gasteiger partial charge in [0.15, 0.2) is 0 Å². The molecule has 13 heavy (non-hydrogen) atoms. The maximum absolute atomic E-state index is 8.58. The molecule has 0 amide bonds. The van der Waals surface area contributed by atoms with E-state index in [1.165, 1.54) is 0 Å². The van der Waals surface area contributed by atoms with Crippen LogP contribution in [0.5, 0.6) is 0 Å². The highest BCUT2D eigenvalue weighted by Crippen LogP contribution is 2.14. The molecule has 74 valence electrons. The van der Waals surface area contributed by atoms with Crippen LogP contribution in [0.25, 0.3) is 0 Å². The van der Waals surface area contributed by atoms with Gasteiger partial charge in [-0.3, -0.25) is 4.99 Å². The normalized spacial score (nSPS) is 16.8. The standard InChI is InChI=1S/C10H16ClNO/c11-9-5-6-12-10(8-9)4-2-1-3-7-13/h8,13H,1-7H2. The number of allylic oxidation sites excluding steroid dienone is 1. The molecule has 1 aliphatic heterocycles. The SMILES string of the molecule is OCCCCCC1=NCCC(Cl)=C1. The van der Waals surface area contributed by atoms with E-state index in [0.29, 0.717) is 6.61 Å². The van der Waals surface area contributed by atoms with Gasteiger partial charge in [-0.2, -0.15) is 0 Å². The molecule has 1 rings (SSSR count). The van der Waals surface area contributed by atoms with Crippen LogP contribution in [0.4, 0.5) is 0 Å². The van der Waals surface area contributed by atoms with Crippen LogP contribution in [0.3, 0.4) is 0 Å². The Morgan fingerprint density at radius 3 is 2.92 bits per heavy atom. The lowest BCUT2D eigenvalue weighted by Gasteiger charge is -2.08. The number of rotatable bonds is 5.